The third kappa shape index (κ3) is 3.21. The van der Waals surface area contributed by atoms with Gasteiger partial charge in [-0.2, -0.15) is 0 Å². The van der Waals surface area contributed by atoms with Crippen LogP contribution in [0.1, 0.15) is 12.0 Å². The SMILES string of the molecule is CN1C[C@H]2CN(Cc3ccc4c(c3)OCCO4)CC[C@@H]2OCC1=O. The molecule has 1 amide bonds. The lowest BCUT2D eigenvalue weighted by molar-refractivity contribution is -0.133. The fourth-order valence-corrected chi connectivity index (χ4v) is 3.81. The number of carbonyl (C=O) groups excluding carboxylic acids is 1. The highest BCUT2D eigenvalue weighted by atomic mass is 16.6. The quantitative estimate of drug-likeness (QED) is 0.813. The van der Waals surface area contributed by atoms with Crippen LogP contribution in [0, 0.1) is 5.92 Å². The Labute approximate surface area is 142 Å². The number of ether oxygens (including phenoxy) is 3. The van der Waals surface area contributed by atoms with E-state index in [1.165, 1.54) is 5.56 Å². The van der Waals surface area contributed by atoms with Crippen LogP contribution in [0.25, 0.3) is 0 Å². The van der Waals surface area contributed by atoms with E-state index < -0.39 is 0 Å². The number of likely N-dealkylation sites (tertiary alicyclic amines) is 1. The van der Waals surface area contributed by atoms with Gasteiger partial charge in [0.25, 0.3) is 0 Å². The van der Waals surface area contributed by atoms with E-state index in [1.54, 1.807) is 4.90 Å². The molecule has 6 nitrogen and oxygen atoms in total. The van der Waals surface area contributed by atoms with E-state index in [9.17, 15) is 4.79 Å². The first-order valence-electron chi connectivity index (χ1n) is 8.65. The van der Waals surface area contributed by atoms with Crippen molar-refractivity contribution in [2.24, 2.45) is 5.92 Å². The van der Waals surface area contributed by atoms with Gasteiger partial charge in [-0.3, -0.25) is 9.69 Å². The first kappa shape index (κ1) is 15.7. The Morgan fingerprint density at radius 2 is 2.00 bits per heavy atom. The molecule has 1 aromatic rings. The Bertz CT molecular complexity index is 621. The van der Waals surface area contributed by atoms with Gasteiger partial charge in [-0.1, -0.05) is 6.07 Å². The Hall–Kier alpha value is -1.79. The largest absolute Gasteiger partial charge is 0.486 e. The number of amides is 1. The minimum absolute atomic E-state index is 0.0859. The van der Waals surface area contributed by atoms with E-state index in [-0.39, 0.29) is 18.6 Å². The Balaban J connectivity index is 1.42. The highest BCUT2D eigenvalue weighted by molar-refractivity contribution is 5.77. The van der Waals surface area contributed by atoms with Gasteiger partial charge in [0, 0.05) is 39.1 Å². The molecule has 0 spiro atoms. The van der Waals surface area contributed by atoms with Gasteiger partial charge >= 0.3 is 0 Å². The van der Waals surface area contributed by atoms with Crippen LogP contribution in [0.4, 0.5) is 0 Å². The molecule has 0 unspecified atom stereocenters. The molecule has 130 valence electrons. The summed E-state index contributed by atoms with van der Waals surface area (Å²) in [7, 11) is 1.87. The van der Waals surface area contributed by atoms with Gasteiger partial charge in [0.2, 0.25) is 5.91 Å². The van der Waals surface area contributed by atoms with Crippen molar-refractivity contribution < 1.29 is 19.0 Å². The summed E-state index contributed by atoms with van der Waals surface area (Å²) in [6.45, 7) is 5.07. The van der Waals surface area contributed by atoms with E-state index >= 15 is 0 Å². The summed E-state index contributed by atoms with van der Waals surface area (Å²) < 4.78 is 17.1. The molecule has 4 rings (SSSR count). The van der Waals surface area contributed by atoms with Crippen molar-refractivity contribution in [2.75, 3.05) is 46.5 Å². The molecule has 24 heavy (non-hydrogen) atoms. The number of nitrogens with zero attached hydrogens (tertiary/aromatic N) is 2. The monoisotopic (exact) mass is 332 g/mol. The number of hydrogen-bond acceptors (Lipinski definition) is 5. The van der Waals surface area contributed by atoms with Crippen molar-refractivity contribution in [3.8, 4) is 11.5 Å². The van der Waals surface area contributed by atoms with Gasteiger partial charge in [0.05, 0.1) is 6.10 Å². The Morgan fingerprint density at radius 3 is 2.88 bits per heavy atom. The van der Waals surface area contributed by atoms with Gasteiger partial charge in [0.1, 0.15) is 19.8 Å². The minimum atomic E-state index is 0.0859. The van der Waals surface area contributed by atoms with Crippen LogP contribution in [0.2, 0.25) is 0 Å². The highest BCUT2D eigenvalue weighted by Gasteiger charge is 2.34. The average molecular weight is 332 g/mol. The summed E-state index contributed by atoms with van der Waals surface area (Å²) >= 11 is 0. The van der Waals surface area contributed by atoms with Crippen molar-refractivity contribution in [3.63, 3.8) is 0 Å². The lowest BCUT2D eigenvalue weighted by Crippen LogP contribution is -2.46. The second-order valence-corrected chi connectivity index (χ2v) is 6.89. The molecule has 0 bridgehead atoms. The second kappa shape index (κ2) is 6.61. The van der Waals surface area contributed by atoms with E-state index in [0.29, 0.717) is 19.1 Å². The predicted molar refractivity (Wildman–Crippen MR) is 88.2 cm³/mol. The second-order valence-electron chi connectivity index (χ2n) is 6.89. The van der Waals surface area contributed by atoms with Crippen LogP contribution in [0.15, 0.2) is 18.2 Å². The number of fused-ring (bicyclic) bond motifs is 2. The zero-order valence-corrected chi connectivity index (χ0v) is 14.1. The number of piperidine rings is 1. The number of hydrogen-bond donors (Lipinski definition) is 0. The summed E-state index contributed by atoms with van der Waals surface area (Å²) in [6, 6.07) is 6.19. The topological polar surface area (TPSA) is 51.2 Å². The van der Waals surface area contributed by atoms with Crippen LogP contribution < -0.4 is 9.47 Å². The minimum Gasteiger partial charge on any atom is -0.486 e. The molecule has 0 N–H and O–H groups in total. The molecule has 2 saturated heterocycles. The maximum absolute atomic E-state index is 11.8. The smallest absolute Gasteiger partial charge is 0.248 e. The summed E-state index contributed by atoms with van der Waals surface area (Å²) in [5, 5.41) is 0. The molecule has 0 radical (unpaired) electrons. The third-order valence-corrected chi connectivity index (χ3v) is 5.12. The summed E-state index contributed by atoms with van der Waals surface area (Å²) in [5.74, 6) is 2.15. The summed E-state index contributed by atoms with van der Waals surface area (Å²) in [4.78, 5) is 16.1. The standard InChI is InChI=1S/C18H24N2O4/c1-19-10-14-11-20(5-4-15(14)24-12-18(19)21)9-13-2-3-16-17(8-13)23-7-6-22-16/h2-3,8,14-15H,4-7,9-12H2,1H3/t14-,15-/m0/s1. The number of carbonyl (C=O) groups is 1. The maximum atomic E-state index is 11.8. The predicted octanol–water partition coefficient (Wildman–Crippen LogP) is 1.14. The highest BCUT2D eigenvalue weighted by Crippen LogP contribution is 2.32. The van der Waals surface area contributed by atoms with Crippen molar-refractivity contribution in [1.29, 1.82) is 0 Å². The average Bonchev–Trinajstić information content (AvgIpc) is 2.73. The van der Waals surface area contributed by atoms with E-state index in [4.69, 9.17) is 14.2 Å². The van der Waals surface area contributed by atoms with Crippen molar-refractivity contribution in [1.82, 2.24) is 9.80 Å². The van der Waals surface area contributed by atoms with Gasteiger partial charge in [-0.25, -0.2) is 0 Å². The Kier molecular flexibility index (Phi) is 4.33. The molecule has 2 fully saturated rings. The molecular weight excluding hydrogens is 308 g/mol. The van der Waals surface area contributed by atoms with Gasteiger partial charge < -0.3 is 19.1 Å². The zero-order valence-electron chi connectivity index (χ0n) is 14.1. The van der Waals surface area contributed by atoms with Crippen molar-refractivity contribution in [3.05, 3.63) is 23.8 Å². The lowest BCUT2D eigenvalue weighted by atomic mass is 9.94. The molecule has 3 heterocycles. The Morgan fingerprint density at radius 1 is 1.17 bits per heavy atom. The van der Waals surface area contributed by atoms with Gasteiger partial charge in [0.15, 0.2) is 11.5 Å². The molecule has 0 saturated carbocycles. The van der Waals surface area contributed by atoms with Crippen LogP contribution >= 0.6 is 0 Å². The van der Waals surface area contributed by atoms with Gasteiger partial charge in [-0.15, -0.1) is 0 Å². The van der Waals surface area contributed by atoms with Crippen LogP contribution in [-0.2, 0) is 16.1 Å². The molecule has 2 atom stereocenters. The maximum Gasteiger partial charge on any atom is 0.248 e. The molecule has 3 aliphatic heterocycles. The van der Waals surface area contributed by atoms with E-state index in [2.05, 4.69) is 17.0 Å². The van der Waals surface area contributed by atoms with Gasteiger partial charge in [-0.05, 0) is 24.1 Å². The first-order valence-corrected chi connectivity index (χ1v) is 8.65. The molecule has 0 aromatic heterocycles. The van der Waals surface area contributed by atoms with Crippen LogP contribution in [0.3, 0.4) is 0 Å². The third-order valence-electron chi connectivity index (χ3n) is 5.12. The van der Waals surface area contributed by atoms with Crippen LogP contribution in [-0.4, -0.2) is 68.3 Å². The molecular formula is C18H24N2O4. The summed E-state index contributed by atoms with van der Waals surface area (Å²) in [6.07, 6.45) is 1.19. The van der Waals surface area contributed by atoms with E-state index in [1.807, 2.05) is 13.1 Å². The fourth-order valence-electron chi connectivity index (χ4n) is 3.81. The zero-order chi connectivity index (χ0) is 16.5. The normalized spacial score (nSPS) is 27.5. The first-order chi connectivity index (χ1) is 11.7. The molecule has 3 aliphatic rings. The van der Waals surface area contributed by atoms with Crippen LogP contribution in [0.5, 0.6) is 11.5 Å². The molecule has 1 aromatic carbocycles. The fraction of sp³-hybridized carbons (Fsp3) is 0.611. The number of benzene rings is 1. The summed E-state index contributed by atoms with van der Waals surface area (Å²) in [5.41, 5.74) is 1.23. The number of likely N-dealkylation sites (N-methyl/N-ethyl adjacent to an activating group) is 1. The molecule has 6 heteroatoms. The van der Waals surface area contributed by atoms with Crippen molar-refractivity contribution in [2.45, 2.75) is 19.1 Å². The number of rotatable bonds is 2. The lowest BCUT2D eigenvalue weighted by Gasteiger charge is -2.37. The van der Waals surface area contributed by atoms with Crippen molar-refractivity contribution >= 4 is 5.91 Å². The molecule has 0 aliphatic carbocycles. The van der Waals surface area contributed by atoms with E-state index in [0.717, 1.165) is 44.1 Å².